The van der Waals surface area contributed by atoms with Gasteiger partial charge in [-0.25, -0.2) is 0 Å². The molecule has 1 aliphatic heterocycles. The molecule has 0 saturated heterocycles. The summed E-state index contributed by atoms with van der Waals surface area (Å²) >= 11 is 0. The van der Waals surface area contributed by atoms with Crippen LogP contribution in [0.4, 0.5) is 5.69 Å². The van der Waals surface area contributed by atoms with Crippen LogP contribution in [0.3, 0.4) is 0 Å². The summed E-state index contributed by atoms with van der Waals surface area (Å²) in [5, 5.41) is 0. The lowest BCUT2D eigenvalue weighted by molar-refractivity contribution is -0.113. The van der Waals surface area contributed by atoms with Crippen LogP contribution < -0.4 is 14.4 Å². The van der Waals surface area contributed by atoms with Crippen molar-refractivity contribution in [3.05, 3.63) is 71.8 Å². The predicted molar refractivity (Wildman–Crippen MR) is 100 cm³/mol. The molecule has 1 amide bonds. The van der Waals surface area contributed by atoms with Crippen LogP contribution in [0.5, 0.6) is 11.5 Å². The monoisotopic (exact) mass is 349 g/mol. The molecule has 5 heteroatoms. The molecule has 0 fully saturated rings. The highest BCUT2D eigenvalue weighted by Gasteiger charge is 2.35. The molecule has 3 rings (SSSR count). The molecule has 0 atom stereocenters. The Bertz CT molecular complexity index is 884. The summed E-state index contributed by atoms with van der Waals surface area (Å²) in [6.07, 6.45) is 5.20. The number of amides is 1. The number of anilines is 1. The lowest BCUT2D eigenvalue weighted by Gasteiger charge is -2.18. The molecule has 5 nitrogen and oxygen atoms in total. The zero-order chi connectivity index (χ0) is 18.5. The van der Waals surface area contributed by atoms with Gasteiger partial charge >= 0.3 is 0 Å². The number of benzene rings is 2. The van der Waals surface area contributed by atoms with Crippen molar-refractivity contribution in [1.82, 2.24) is 0 Å². The SMILES string of the molecule is COc1cc(OC)c2c(c1)N(Cc1ccccc1)C(=O)/C2=C\C=C\C=O. The Balaban J connectivity index is 2.14. The lowest BCUT2D eigenvalue weighted by atomic mass is 10.0. The topological polar surface area (TPSA) is 55.8 Å². The van der Waals surface area contributed by atoms with Gasteiger partial charge in [0.25, 0.3) is 5.91 Å². The van der Waals surface area contributed by atoms with Gasteiger partial charge in [0.2, 0.25) is 0 Å². The smallest absolute Gasteiger partial charge is 0.259 e. The molecule has 0 bridgehead atoms. The average Bonchev–Trinajstić information content (AvgIpc) is 2.94. The molecule has 0 N–H and O–H groups in total. The molecule has 0 aliphatic carbocycles. The van der Waals surface area contributed by atoms with E-state index in [0.717, 1.165) is 11.3 Å². The van der Waals surface area contributed by atoms with E-state index in [0.29, 0.717) is 35.5 Å². The van der Waals surface area contributed by atoms with Gasteiger partial charge in [-0.15, -0.1) is 0 Å². The van der Waals surface area contributed by atoms with Crippen molar-refractivity contribution in [1.29, 1.82) is 0 Å². The second-order valence-electron chi connectivity index (χ2n) is 5.70. The fourth-order valence-electron chi connectivity index (χ4n) is 2.98. The number of aldehydes is 1. The van der Waals surface area contributed by atoms with Crippen molar-refractivity contribution in [3.8, 4) is 11.5 Å². The second kappa shape index (κ2) is 7.70. The van der Waals surface area contributed by atoms with E-state index in [1.54, 1.807) is 37.3 Å². The van der Waals surface area contributed by atoms with Gasteiger partial charge in [0.05, 0.1) is 37.6 Å². The summed E-state index contributed by atoms with van der Waals surface area (Å²) in [6.45, 7) is 0.428. The first-order chi connectivity index (χ1) is 12.7. The van der Waals surface area contributed by atoms with Crippen molar-refractivity contribution < 1.29 is 19.1 Å². The highest BCUT2D eigenvalue weighted by Crippen LogP contribution is 2.45. The standard InChI is InChI=1S/C21H19NO4/c1-25-16-12-18-20(19(13-16)26-2)17(10-6-7-11-23)21(24)22(18)14-15-8-4-3-5-9-15/h3-13H,14H2,1-2H3/b7-6+,17-10-. The Kier molecular flexibility index (Phi) is 5.17. The van der Waals surface area contributed by atoms with Gasteiger partial charge in [0.15, 0.2) is 0 Å². The molecular weight excluding hydrogens is 330 g/mol. The Morgan fingerprint density at radius 1 is 1.04 bits per heavy atom. The Morgan fingerprint density at radius 3 is 2.46 bits per heavy atom. The number of ether oxygens (including phenoxy) is 2. The van der Waals surface area contributed by atoms with Gasteiger partial charge in [0.1, 0.15) is 17.8 Å². The van der Waals surface area contributed by atoms with Crippen LogP contribution in [0, 0.1) is 0 Å². The molecule has 26 heavy (non-hydrogen) atoms. The van der Waals surface area contributed by atoms with Crippen LogP contribution in [-0.2, 0) is 16.1 Å². The summed E-state index contributed by atoms with van der Waals surface area (Å²) < 4.78 is 10.8. The number of rotatable bonds is 6. The van der Waals surface area contributed by atoms with Crippen LogP contribution in [-0.4, -0.2) is 26.4 Å². The maximum atomic E-state index is 13.1. The van der Waals surface area contributed by atoms with E-state index in [2.05, 4.69) is 0 Å². The minimum atomic E-state index is -0.147. The highest BCUT2D eigenvalue weighted by molar-refractivity contribution is 6.33. The summed E-state index contributed by atoms with van der Waals surface area (Å²) in [5.74, 6) is 1.01. The van der Waals surface area contributed by atoms with E-state index < -0.39 is 0 Å². The normalized spacial score (nSPS) is 14.8. The molecular formula is C21H19NO4. The fraction of sp³-hybridized carbons (Fsp3) is 0.143. The van der Waals surface area contributed by atoms with Crippen molar-refractivity contribution >= 4 is 23.5 Å². The molecule has 1 aliphatic rings. The van der Waals surface area contributed by atoms with Crippen molar-refractivity contribution in [2.75, 3.05) is 19.1 Å². The molecule has 2 aromatic carbocycles. The largest absolute Gasteiger partial charge is 0.497 e. The van der Waals surface area contributed by atoms with E-state index in [-0.39, 0.29) is 5.91 Å². The number of hydrogen-bond donors (Lipinski definition) is 0. The van der Waals surface area contributed by atoms with Gasteiger partial charge in [-0.05, 0) is 17.7 Å². The summed E-state index contributed by atoms with van der Waals surface area (Å²) in [7, 11) is 3.13. The van der Waals surface area contributed by atoms with Crippen molar-refractivity contribution in [2.45, 2.75) is 6.54 Å². The summed E-state index contributed by atoms with van der Waals surface area (Å²) in [5.41, 5.74) is 2.91. The first-order valence-corrected chi connectivity index (χ1v) is 8.14. The molecule has 132 valence electrons. The Morgan fingerprint density at radius 2 is 1.81 bits per heavy atom. The molecule has 0 aromatic heterocycles. The van der Waals surface area contributed by atoms with E-state index in [4.69, 9.17) is 9.47 Å². The van der Waals surface area contributed by atoms with Crippen molar-refractivity contribution in [3.63, 3.8) is 0 Å². The number of carbonyl (C=O) groups is 2. The zero-order valence-corrected chi connectivity index (χ0v) is 14.6. The van der Waals surface area contributed by atoms with Crippen molar-refractivity contribution in [2.24, 2.45) is 0 Å². The van der Waals surface area contributed by atoms with E-state index >= 15 is 0 Å². The number of fused-ring (bicyclic) bond motifs is 1. The predicted octanol–water partition coefficient (Wildman–Crippen LogP) is 3.39. The molecule has 0 saturated carbocycles. The van der Waals surface area contributed by atoms with E-state index in [1.165, 1.54) is 6.08 Å². The minimum absolute atomic E-state index is 0.147. The molecule has 2 aromatic rings. The number of hydrogen-bond acceptors (Lipinski definition) is 4. The molecule has 0 unspecified atom stereocenters. The third kappa shape index (κ3) is 3.24. The third-order valence-electron chi connectivity index (χ3n) is 4.18. The summed E-state index contributed by atoms with van der Waals surface area (Å²) in [4.78, 5) is 25.3. The fourth-order valence-corrected chi connectivity index (χ4v) is 2.98. The number of carbonyl (C=O) groups excluding carboxylic acids is 2. The second-order valence-corrected chi connectivity index (χ2v) is 5.70. The minimum Gasteiger partial charge on any atom is -0.497 e. The number of methoxy groups -OCH3 is 2. The average molecular weight is 349 g/mol. The van der Waals surface area contributed by atoms with Gasteiger partial charge < -0.3 is 14.4 Å². The van der Waals surface area contributed by atoms with Crippen LogP contribution in [0.25, 0.3) is 5.57 Å². The lowest BCUT2D eigenvalue weighted by Crippen LogP contribution is -2.25. The van der Waals surface area contributed by atoms with Crippen LogP contribution in [0.2, 0.25) is 0 Å². The molecule has 0 spiro atoms. The Labute approximate surface area is 152 Å². The van der Waals surface area contributed by atoms with E-state index in [9.17, 15) is 9.59 Å². The maximum absolute atomic E-state index is 13.1. The number of allylic oxidation sites excluding steroid dienone is 3. The van der Waals surface area contributed by atoms with E-state index in [1.807, 2.05) is 36.4 Å². The highest BCUT2D eigenvalue weighted by atomic mass is 16.5. The van der Waals surface area contributed by atoms with Crippen LogP contribution >= 0.6 is 0 Å². The van der Waals surface area contributed by atoms with Gasteiger partial charge in [-0.1, -0.05) is 36.4 Å². The third-order valence-corrected chi connectivity index (χ3v) is 4.18. The first kappa shape index (κ1) is 17.5. The number of nitrogens with zero attached hydrogens (tertiary/aromatic N) is 1. The van der Waals surface area contributed by atoms with Gasteiger partial charge in [-0.3, -0.25) is 9.59 Å². The van der Waals surface area contributed by atoms with Gasteiger partial charge in [-0.2, -0.15) is 0 Å². The van der Waals surface area contributed by atoms with Crippen LogP contribution in [0.15, 0.2) is 60.7 Å². The van der Waals surface area contributed by atoms with Crippen LogP contribution in [0.1, 0.15) is 11.1 Å². The summed E-state index contributed by atoms with van der Waals surface area (Å²) in [6, 6.07) is 13.3. The molecule has 0 radical (unpaired) electrons. The van der Waals surface area contributed by atoms with Gasteiger partial charge in [0, 0.05) is 12.1 Å². The zero-order valence-electron chi connectivity index (χ0n) is 14.6. The first-order valence-electron chi connectivity index (χ1n) is 8.14. The maximum Gasteiger partial charge on any atom is 0.259 e. The quantitative estimate of drug-likeness (QED) is 0.592. The Hall–Kier alpha value is -3.34. The molecule has 1 heterocycles.